The molecule has 5 rings (SSSR count). The Labute approximate surface area is 163 Å². The lowest BCUT2D eigenvalue weighted by Crippen LogP contribution is -2.37. The van der Waals surface area contributed by atoms with Gasteiger partial charge in [-0.1, -0.05) is 0 Å². The molecule has 0 amide bonds. The second-order valence-electron chi connectivity index (χ2n) is 6.54. The first-order valence-corrected chi connectivity index (χ1v) is 9.04. The van der Waals surface area contributed by atoms with Crippen LogP contribution in [0.1, 0.15) is 12.2 Å². The Morgan fingerprint density at radius 3 is 2.76 bits per heavy atom. The van der Waals surface area contributed by atoms with E-state index in [0.717, 1.165) is 0 Å². The summed E-state index contributed by atoms with van der Waals surface area (Å²) in [7, 11) is 1.48. The molecule has 0 spiro atoms. The lowest BCUT2D eigenvalue weighted by Gasteiger charge is -2.27. The van der Waals surface area contributed by atoms with Crippen molar-refractivity contribution in [2.24, 2.45) is 0 Å². The third-order valence-corrected chi connectivity index (χ3v) is 4.86. The number of halogens is 2. The Morgan fingerprint density at radius 1 is 1.17 bits per heavy atom. The van der Waals surface area contributed by atoms with E-state index in [1.54, 1.807) is 18.5 Å². The minimum absolute atomic E-state index is 0.319. The molecule has 0 bridgehead atoms. The van der Waals surface area contributed by atoms with E-state index < -0.39 is 12.2 Å². The van der Waals surface area contributed by atoms with Crippen LogP contribution in [0.4, 0.5) is 14.7 Å². The maximum Gasteiger partial charge on any atom is 0.295 e. The van der Waals surface area contributed by atoms with Crippen molar-refractivity contribution in [2.75, 3.05) is 38.3 Å². The Balaban J connectivity index is 1.72. The van der Waals surface area contributed by atoms with Gasteiger partial charge in [-0.15, -0.1) is 0 Å². The second-order valence-corrected chi connectivity index (χ2v) is 6.54. The first-order chi connectivity index (χ1) is 14.2. The third-order valence-electron chi connectivity index (χ3n) is 4.86. The van der Waals surface area contributed by atoms with Gasteiger partial charge in [-0.25, -0.2) is 23.7 Å². The summed E-state index contributed by atoms with van der Waals surface area (Å²) in [6, 6.07) is 3.45. The first kappa shape index (κ1) is 17.7. The number of hydrogen-bond acceptors (Lipinski definition) is 7. The predicted molar refractivity (Wildman–Crippen MR) is 101 cm³/mol. The van der Waals surface area contributed by atoms with Crippen LogP contribution in [0.5, 0.6) is 5.75 Å². The highest BCUT2D eigenvalue weighted by Crippen LogP contribution is 2.38. The molecule has 1 aliphatic heterocycles. The topological polar surface area (TPSA) is 105 Å². The number of methoxy groups -OCH3 is 1. The van der Waals surface area contributed by atoms with Crippen LogP contribution in [0.2, 0.25) is 0 Å². The number of aromatic nitrogens is 6. The third kappa shape index (κ3) is 2.94. The van der Waals surface area contributed by atoms with Crippen LogP contribution in [-0.2, 0) is 4.74 Å². The van der Waals surface area contributed by atoms with Gasteiger partial charge in [0.15, 0.2) is 17.2 Å². The zero-order chi connectivity index (χ0) is 20.0. The van der Waals surface area contributed by atoms with Gasteiger partial charge in [0.25, 0.3) is 6.43 Å². The number of fused-ring (bicyclic) bond motifs is 2. The molecule has 1 saturated heterocycles. The van der Waals surface area contributed by atoms with Gasteiger partial charge < -0.3 is 24.3 Å². The Morgan fingerprint density at radius 2 is 2.00 bits per heavy atom. The molecule has 1 fully saturated rings. The molecule has 1 aromatic carbocycles. The monoisotopic (exact) mass is 401 g/mol. The molecule has 0 radical (unpaired) electrons. The number of nitrogens with one attached hydrogen (secondary N) is 2. The molecule has 2 N–H and O–H groups in total. The number of H-pyrrole nitrogens is 2. The second kappa shape index (κ2) is 6.92. The highest BCUT2D eigenvalue weighted by Gasteiger charge is 2.23. The summed E-state index contributed by atoms with van der Waals surface area (Å²) in [6.07, 6.45) is -1.16. The van der Waals surface area contributed by atoms with E-state index in [0.29, 0.717) is 71.5 Å². The maximum atomic E-state index is 13.1. The van der Waals surface area contributed by atoms with Crippen LogP contribution in [0, 0.1) is 0 Å². The van der Waals surface area contributed by atoms with E-state index in [2.05, 4.69) is 24.9 Å². The number of nitrogens with zero attached hydrogens (tertiary/aromatic N) is 5. The van der Waals surface area contributed by atoms with Crippen LogP contribution in [-0.4, -0.2) is 63.3 Å². The summed E-state index contributed by atoms with van der Waals surface area (Å²) in [5.74, 6) is 0.479. The highest BCUT2D eigenvalue weighted by atomic mass is 19.3. The lowest BCUT2D eigenvalue weighted by molar-refractivity contribution is 0.122. The van der Waals surface area contributed by atoms with Gasteiger partial charge in [0.2, 0.25) is 5.95 Å². The molecule has 11 heteroatoms. The molecule has 0 aliphatic carbocycles. The van der Waals surface area contributed by atoms with Crippen molar-refractivity contribution in [3.8, 4) is 17.0 Å². The van der Waals surface area contributed by atoms with Crippen molar-refractivity contribution in [2.45, 2.75) is 6.43 Å². The summed E-state index contributed by atoms with van der Waals surface area (Å²) in [5.41, 5.74) is 3.09. The van der Waals surface area contributed by atoms with E-state index in [-0.39, 0.29) is 0 Å². The Bertz CT molecular complexity index is 1180. The average Bonchev–Trinajstić information content (AvgIpc) is 3.39. The normalized spacial score (nSPS) is 15.0. The van der Waals surface area contributed by atoms with Crippen LogP contribution >= 0.6 is 0 Å². The first-order valence-electron chi connectivity index (χ1n) is 9.04. The predicted octanol–water partition coefficient (Wildman–Crippen LogP) is 2.68. The highest BCUT2D eigenvalue weighted by molar-refractivity contribution is 5.96. The standard InChI is InChI=1S/C18H17F2N7O2/c1-28-14-9(2-3-10-12(14)24-17(23-10)15(19)20)11-13-16(22-8-21-13)26-18(25-11)27-4-6-29-7-5-27/h2-3,8,15H,4-7H2,1H3,(H,23,24)(H,21,22,25,26). The number of alkyl halides is 2. The Hall–Kier alpha value is -3.34. The SMILES string of the molecule is COc1c(-c2nc(N3CCOCC3)nc3nc[nH]c23)ccc2[nH]c(C(F)F)nc12. The van der Waals surface area contributed by atoms with Gasteiger partial charge in [0.1, 0.15) is 16.7 Å². The van der Waals surface area contributed by atoms with Crippen LogP contribution < -0.4 is 9.64 Å². The molecule has 4 heterocycles. The molecule has 0 unspecified atom stereocenters. The largest absolute Gasteiger partial charge is 0.494 e. The number of ether oxygens (including phenoxy) is 2. The minimum Gasteiger partial charge on any atom is -0.494 e. The van der Waals surface area contributed by atoms with E-state index in [4.69, 9.17) is 14.5 Å². The molecule has 0 saturated carbocycles. The molecule has 9 nitrogen and oxygen atoms in total. The maximum absolute atomic E-state index is 13.1. The van der Waals surface area contributed by atoms with Gasteiger partial charge in [-0.3, -0.25) is 0 Å². The Kier molecular flexibility index (Phi) is 4.23. The average molecular weight is 401 g/mol. The molecular formula is C18H17F2N7O2. The fourth-order valence-corrected chi connectivity index (χ4v) is 3.49. The number of rotatable bonds is 4. The zero-order valence-electron chi connectivity index (χ0n) is 15.4. The van der Waals surface area contributed by atoms with Gasteiger partial charge >= 0.3 is 0 Å². The molecule has 0 atom stereocenters. The fraction of sp³-hybridized carbons (Fsp3) is 0.333. The molecule has 4 aromatic rings. The summed E-state index contributed by atoms with van der Waals surface area (Å²) < 4.78 is 37.2. The van der Waals surface area contributed by atoms with Gasteiger partial charge in [-0.2, -0.15) is 4.98 Å². The molecule has 29 heavy (non-hydrogen) atoms. The van der Waals surface area contributed by atoms with Crippen LogP contribution in [0.25, 0.3) is 33.5 Å². The molecule has 150 valence electrons. The summed E-state index contributed by atoms with van der Waals surface area (Å²) in [4.78, 5) is 25.3. The fourth-order valence-electron chi connectivity index (χ4n) is 3.49. The number of benzene rings is 1. The lowest BCUT2D eigenvalue weighted by atomic mass is 10.1. The van der Waals surface area contributed by atoms with Crippen molar-refractivity contribution in [3.63, 3.8) is 0 Å². The van der Waals surface area contributed by atoms with Crippen molar-refractivity contribution in [3.05, 3.63) is 24.3 Å². The summed E-state index contributed by atoms with van der Waals surface area (Å²) in [5, 5.41) is 0. The molecular weight excluding hydrogens is 384 g/mol. The van der Waals surface area contributed by atoms with E-state index in [9.17, 15) is 8.78 Å². The minimum atomic E-state index is -2.71. The number of anilines is 1. The smallest absolute Gasteiger partial charge is 0.295 e. The van der Waals surface area contributed by atoms with Crippen molar-refractivity contribution < 1.29 is 18.3 Å². The number of morpholine rings is 1. The molecule has 3 aromatic heterocycles. The number of imidazole rings is 2. The van der Waals surface area contributed by atoms with E-state index >= 15 is 0 Å². The van der Waals surface area contributed by atoms with Crippen LogP contribution in [0.15, 0.2) is 18.5 Å². The molecule has 1 aliphatic rings. The number of aromatic amines is 2. The summed E-state index contributed by atoms with van der Waals surface area (Å²) >= 11 is 0. The van der Waals surface area contributed by atoms with Crippen molar-refractivity contribution in [1.82, 2.24) is 29.9 Å². The summed E-state index contributed by atoms with van der Waals surface area (Å²) in [6.45, 7) is 2.53. The van der Waals surface area contributed by atoms with Crippen molar-refractivity contribution >= 4 is 28.1 Å². The van der Waals surface area contributed by atoms with Crippen molar-refractivity contribution in [1.29, 1.82) is 0 Å². The number of hydrogen-bond donors (Lipinski definition) is 2. The van der Waals surface area contributed by atoms with E-state index in [1.807, 2.05) is 4.90 Å². The zero-order valence-corrected chi connectivity index (χ0v) is 15.4. The van der Waals surface area contributed by atoms with E-state index in [1.165, 1.54) is 7.11 Å². The van der Waals surface area contributed by atoms with Gasteiger partial charge in [0, 0.05) is 18.7 Å². The quantitative estimate of drug-likeness (QED) is 0.542. The van der Waals surface area contributed by atoms with Crippen LogP contribution in [0.3, 0.4) is 0 Å². The van der Waals surface area contributed by atoms with Gasteiger partial charge in [-0.05, 0) is 12.1 Å². The van der Waals surface area contributed by atoms with Gasteiger partial charge in [0.05, 0.1) is 32.2 Å².